The number of nitrogens with one attached hydrogen (secondary N) is 1. The maximum Gasteiger partial charge on any atom is 0.224 e. The zero-order chi connectivity index (χ0) is 12.0. The minimum absolute atomic E-state index is 0.00421. The van der Waals surface area contributed by atoms with E-state index < -0.39 is 5.60 Å². The lowest BCUT2D eigenvalue weighted by Gasteiger charge is -2.16. The molecule has 1 amide bonds. The Morgan fingerprint density at radius 2 is 1.94 bits per heavy atom. The molecule has 3 heteroatoms. The summed E-state index contributed by atoms with van der Waals surface area (Å²) in [5.74, 6) is -0.00421. The molecule has 16 heavy (non-hydrogen) atoms. The van der Waals surface area contributed by atoms with Gasteiger partial charge in [0.15, 0.2) is 0 Å². The predicted molar refractivity (Wildman–Crippen MR) is 64.1 cm³/mol. The molecular weight excluding hydrogens is 202 g/mol. The first-order valence-electron chi connectivity index (χ1n) is 5.50. The minimum Gasteiger partial charge on any atom is -0.390 e. The van der Waals surface area contributed by atoms with E-state index in [9.17, 15) is 9.90 Å². The van der Waals surface area contributed by atoms with Crippen molar-refractivity contribution in [2.75, 3.05) is 6.54 Å². The fraction of sp³-hybridized carbons (Fsp3) is 0.462. The van der Waals surface area contributed by atoms with Crippen LogP contribution in [-0.4, -0.2) is 23.2 Å². The molecule has 0 saturated carbocycles. The largest absolute Gasteiger partial charge is 0.390 e. The molecule has 0 aliphatic rings. The van der Waals surface area contributed by atoms with E-state index in [1.165, 1.54) is 0 Å². The summed E-state index contributed by atoms with van der Waals surface area (Å²) in [5.41, 5.74) is 0.281. The Balaban J connectivity index is 2.27. The molecule has 1 aromatic carbocycles. The maximum absolute atomic E-state index is 11.5. The van der Waals surface area contributed by atoms with E-state index in [0.717, 1.165) is 5.56 Å². The van der Waals surface area contributed by atoms with Gasteiger partial charge in [-0.2, -0.15) is 0 Å². The van der Waals surface area contributed by atoms with Crippen LogP contribution in [0.2, 0.25) is 0 Å². The molecule has 0 aromatic heterocycles. The second-order valence-corrected chi connectivity index (χ2v) is 4.57. The van der Waals surface area contributed by atoms with Crippen LogP contribution in [-0.2, 0) is 11.2 Å². The topological polar surface area (TPSA) is 49.3 Å². The molecule has 0 saturated heterocycles. The van der Waals surface area contributed by atoms with Gasteiger partial charge in [0.1, 0.15) is 0 Å². The van der Waals surface area contributed by atoms with E-state index in [1.807, 2.05) is 30.3 Å². The number of rotatable bonds is 5. The van der Waals surface area contributed by atoms with E-state index in [4.69, 9.17) is 0 Å². The first-order chi connectivity index (χ1) is 7.47. The molecule has 0 bridgehead atoms. The van der Waals surface area contributed by atoms with Crippen molar-refractivity contribution in [2.24, 2.45) is 0 Å². The summed E-state index contributed by atoms with van der Waals surface area (Å²) in [4.78, 5) is 11.5. The van der Waals surface area contributed by atoms with Crippen LogP contribution in [0.5, 0.6) is 0 Å². The highest BCUT2D eigenvalue weighted by atomic mass is 16.3. The number of hydrogen-bond donors (Lipinski definition) is 2. The normalized spacial score (nSPS) is 11.2. The molecule has 1 rings (SSSR count). The van der Waals surface area contributed by atoms with Crippen LogP contribution in [0.3, 0.4) is 0 Å². The van der Waals surface area contributed by atoms with Gasteiger partial charge in [0.05, 0.1) is 12.0 Å². The summed E-state index contributed by atoms with van der Waals surface area (Å²) in [6.07, 6.45) is 0.959. The van der Waals surface area contributed by atoms with Crippen LogP contribution in [0.1, 0.15) is 25.8 Å². The highest BCUT2D eigenvalue weighted by Crippen LogP contribution is 2.05. The van der Waals surface area contributed by atoms with Crippen molar-refractivity contribution < 1.29 is 9.90 Å². The van der Waals surface area contributed by atoms with Crippen LogP contribution in [0.25, 0.3) is 0 Å². The van der Waals surface area contributed by atoms with E-state index in [1.54, 1.807) is 13.8 Å². The first-order valence-corrected chi connectivity index (χ1v) is 5.50. The standard InChI is InChI=1S/C13H19NO2/c1-13(2,16)8-9-14-12(15)10-11-6-4-3-5-7-11/h3-7,16H,8-10H2,1-2H3,(H,14,15). The van der Waals surface area contributed by atoms with Crippen LogP contribution in [0.15, 0.2) is 30.3 Å². The highest BCUT2D eigenvalue weighted by molar-refractivity contribution is 5.78. The third-order valence-electron chi connectivity index (χ3n) is 2.27. The molecule has 0 heterocycles. The molecule has 0 unspecified atom stereocenters. The third-order valence-corrected chi connectivity index (χ3v) is 2.27. The van der Waals surface area contributed by atoms with Crippen LogP contribution >= 0.6 is 0 Å². The van der Waals surface area contributed by atoms with E-state index >= 15 is 0 Å². The van der Waals surface area contributed by atoms with Crippen molar-refractivity contribution in [1.29, 1.82) is 0 Å². The van der Waals surface area contributed by atoms with Crippen molar-refractivity contribution in [3.8, 4) is 0 Å². The van der Waals surface area contributed by atoms with Crippen LogP contribution < -0.4 is 5.32 Å². The molecule has 1 aromatic rings. The minimum atomic E-state index is -0.722. The molecule has 0 fully saturated rings. The van der Waals surface area contributed by atoms with Crippen molar-refractivity contribution in [1.82, 2.24) is 5.32 Å². The molecule has 0 aliphatic heterocycles. The Morgan fingerprint density at radius 1 is 1.31 bits per heavy atom. The van der Waals surface area contributed by atoms with Crippen LogP contribution in [0.4, 0.5) is 0 Å². The molecule has 0 spiro atoms. The predicted octanol–water partition coefficient (Wildman–Crippen LogP) is 1.51. The summed E-state index contributed by atoms with van der Waals surface area (Å²) in [6, 6.07) is 9.61. The van der Waals surface area contributed by atoms with Gasteiger partial charge in [-0.15, -0.1) is 0 Å². The van der Waals surface area contributed by atoms with Crippen LogP contribution in [0, 0.1) is 0 Å². The van der Waals surface area contributed by atoms with E-state index in [0.29, 0.717) is 19.4 Å². The number of carbonyl (C=O) groups excluding carboxylic acids is 1. The van der Waals surface area contributed by atoms with Gasteiger partial charge in [0.2, 0.25) is 5.91 Å². The lowest BCUT2D eigenvalue weighted by Crippen LogP contribution is -2.31. The number of carbonyl (C=O) groups is 1. The Morgan fingerprint density at radius 3 is 2.50 bits per heavy atom. The van der Waals surface area contributed by atoms with Gasteiger partial charge in [0.25, 0.3) is 0 Å². The molecule has 88 valence electrons. The monoisotopic (exact) mass is 221 g/mol. The Bertz CT molecular complexity index is 328. The number of amides is 1. The molecule has 2 N–H and O–H groups in total. The van der Waals surface area contributed by atoms with Crippen molar-refractivity contribution in [3.63, 3.8) is 0 Å². The lowest BCUT2D eigenvalue weighted by molar-refractivity contribution is -0.120. The van der Waals surface area contributed by atoms with Gasteiger partial charge in [-0.3, -0.25) is 4.79 Å². The van der Waals surface area contributed by atoms with Gasteiger partial charge in [-0.1, -0.05) is 30.3 Å². The zero-order valence-electron chi connectivity index (χ0n) is 9.86. The molecule has 3 nitrogen and oxygen atoms in total. The van der Waals surface area contributed by atoms with Gasteiger partial charge in [0, 0.05) is 6.54 Å². The summed E-state index contributed by atoms with van der Waals surface area (Å²) >= 11 is 0. The van der Waals surface area contributed by atoms with Crippen molar-refractivity contribution in [2.45, 2.75) is 32.3 Å². The molecule has 0 atom stereocenters. The Labute approximate surface area is 96.5 Å². The fourth-order valence-electron chi connectivity index (χ4n) is 1.35. The second kappa shape index (κ2) is 5.66. The summed E-state index contributed by atoms with van der Waals surface area (Å²) in [5, 5.41) is 12.3. The zero-order valence-corrected chi connectivity index (χ0v) is 9.86. The fourth-order valence-corrected chi connectivity index (χ4v) is 1.35. The SMILES string of the molecule is CC(C)(O)CCNC(=O)Cc1ccccc1. The molecule has 0 radical (unpaired) electrons. The summed E-state index contributed by atoms with van der Waals surface area (Å²) < 4.78 is 0. The number of aliphatic hydroxyl groups is 1. The van der Waals surface area contributed by atoms with E-state index in [2.05, 4.69) is 5.32 Å². The van der Waals surface area contributed by atoms with Gasteiger partial charge < -0.3 is 10.4 Å². The first kappa shape index (κ1) is 12.7. The van der Waals surface area contributed by atoms with Crippen molar-refractivity contribution >= 4 is 5.91 Å². The number of benzene rings is 1. The summed E-state index contributed by atoms with van der Waals surface area (Å²) in [6.45, 7) is 3.97. The van der Waals surface area contributed by atoms with Crippen molar-refractivity contribution in [3.05, 3.63) is 35.9 Å². The highest BCUT2D eigenvalue weighted by Gasteiger charge is 2.12. The van der Waals surface area contributed by atoms with Gasteiger partial charge >= 0.3 is 0 Å². The average Bonchev–Trinajstić information content (AvgIpc) is 2.17. The average molecular weight is 221 g/mol. The molecular formula is C13H19NO2. The Hall–Kier alpha value is -1.35. The second-order valence-electron chi connectivity index (χ2n) is 4.57. The van der Waals surface area contributed by atoms with Gasteiger partial charge in [-0.05, 0) is 25.8 Å². The summed E-state index contributed by atoms with van der Waals surface area (Å²) in [7, 11) is 0. The third kappa shape index (κ3) is 5.51. The molecule has 0 aliphatic carbocycles. The quantitative estimate of drug-likeness (QED) is 0.791. The lowest BCUT2D eigenvalue weighted by atomic mass is 10.1. The Kier molecular flexibility index (Phi) is 4.50. The maximum atomic E-state index is 11.5. The van der Waals surface area contributed by atoms with Gasteiger partial charge in [-0.25, -0.2) is 0 Å². The number of hydrogen-bond acceptors (Lipinski definition) is 2. The smallest absolute Gasteiger partial charge is 0.224 e. The van der Waals surface area contributed by atoms with E-state index in [-0.39, 0.29) is 5.91 Å².